The summed E-state index contributed by atoms with van der Waals surface area (Å²) in [6, 6.07) is 0. The molecule has 3 heteroatoms. The van der Waals surface area contributed by atoms with Crippen molar-refractivity contribution < 1.29 is 14.2 Å². The summed E-state index contributed by atoms with van der Waals surface area (Å²) in [5.41, 5.74) is -0.104. The zero-order valence-electron chi connectivity index (χ0n) is 7.54. The van der Waals surface area contributed by atoms with Crippen LogP contribution in [0, 0.1) is 0 Å². The van der Waals surface area contributed by atoms with Crippen LogP contribution < -0.4 is 0 Å². The van der Waals surface area contributed by atoms with Crippen LogP contribution in [-0.4, -0.2) is 38.6 Å². The number of hydrogen-bond donors (Lipinski definition) is 0. The Hall–Kier alpha value is -0.120. The molecule has 0 saturated carbocycles. The third-order valence-electron chi connectivity index (χ3n) is 2.69. The van der Waals surface area contributed by atoms with Crippen molar-refractivity contribution in [3.63, 3.8) is 0 Å². The monoisotopic (exact) mass is 172 g/mol. The van der Waals surface area contributed by atoms with Crippen LogP contribution in [0.3, 0.4) is 0 Å². The molecule has 0 aromatic rings. The zero-order chi connectivity index (χ0) is 8.44. The molecule has 0 spiro atoms. The largest absolute Gasteiger partial charge is 0.382 e. The Morgan fingerprint density at radius 1 is 1.50 bits per heavy atom. The molecule has 12 heavy (non-hydrogen) atoms. The summed E-state index contributed by atoms with van der Waals surface area (Å²) in [5, 5.41) is 0. The minimum Gasteiger partial charge on any atom is -0.382 e. The Morgan fingerprint density at radius 3 is 2.83 bits per heavy atom. The molecule has 1 unspecified atom stereocenters. The molecule has 0 bridgehead atoms. The lowest BCUT2D eigenvalue weighted by atomic mass is 9.91. The van der Waals surface area contributed by atoms with Crippen LogP contribution in [0.15, 0.2) is 0 Å². The first-order valence-corrected chi connectivity index (χ1v) is 4.62. The van der Waals surface area contributed by atoms with Crippen molar-refractivity contribution in [2.24, 2.45) is 0 Å². The van der Waals surface area contributed by atoms with Crippen molar-refractivity contribution in [3.05, 3.63) is 0 Å². The van der Waals surface area contributed by atoms with Gasteiger partial charge in [-0.15, -0.1) is 0 Å². The Labute approximate surface area is 73.0 Å². The van der Waals surface area contributed by atoms with Gasteiger partial charge in [-0.25, -0.2) is 0 Å². The molecule has 0 aliphatic carbocycles. The Morgan fingerprint density at radius 2 is 2.33 bits per heavy atom. The van der Waals surface area contributed by atoms with Crippen LogP contribution in [0.1, 0.15) is 19.3 Å². The van der Waals surface area contributed by atoms with Crippen LogP contribution in [0.25, 0.3) is 0 Å². The maximum absolute atomic E-state index is 5.78. The highest BCUT2D eigenvalue weighted by atomic mass is 16.6. The molecule has 0 amide bonds. The summed E-state index contributed by atoms with van der Waals surface area (Å²) in [6.45, 7) is 2.39. The highest BCUT2D eigenvalue weighted by Gasteiger charge is 2.48. The fourth-order valence-corrected chi connectivity index (χ4v) is 1.93. The predicted molar refractivity (Wildman–Crippen MR) is 44.2 cm³/mol. The van der Waals surface area contributed by atoms with Crippen LogP contribution in [0.5, 0.6) is 0 Å². The van der Waals surface area contributed by atoms with Gasteiger partial charge in [-0.05, 0) is 19.3 Å². The predicted octanol–water partition coefficient (Wildman–Crippen LogP) is 0.971. The molecule has 3 nitrogen and oxygen atoms in total. The van der Waals surface area contributed by atoms with E-state index in [1.165, 1.54) is 12.8 Å². The Kier molecular flexibility index (Phi) is 2.35. The maximum Gasteiger partial charge on any atom is 0.120 e. The lowest BCUT2D eigenvalue weighted by molar-refractivity contribution is -0.128. The van der Waals surface area contributed by atoms with Gasteiger partial charge in [0.05, 0.1) is 13.2 Å². The second kappa shape index (κ2) is 3.32. The maximum atomic E-state index is 5.78. The highest BCUT2D eigenvalue weighted by Crippen LogP contribution is 2.36. The summed E-state index contributed by atoms with van der Waals surface area (Å²) >= 11 is 0. The normalized spacial score (nSPS) is 41.2. The first-order valence-electron chi connectivity index (χ1n) is 4.62. The average Bonchev–Trinajstić information content (AvgIpc) is 2.89. The summed E-state index contributed by atoms with van der Waals surface area (Å²) in [6.07, 6.45) is 3.81. The molecular weight excluding hydrogens is 156 g/mol. The van der Waals surface area contributed by atoms with Crippen molar-refractivity contribution >= 4 is 0 Å². The van der Waals surface area contributed by atoms with E-state index in [1.54, 1.807) is 7.11 Å². The number of rotatable bonds is 3. The Balaban J connectivity index is 1.98. The standard InChI is InChI=1S/C9H16O3/c1-10-7-9(8-6-11-8)4-2-3-5-12-9/h8H,2-7H2,1H3/t8-,9?/m1/s1. The van der Waals surface area contributed by atoms with Gasteiger partial charge in [0.2, 0.25) is 0 Å². The Bertz CT molecular complexity index is 142. The van der Waals surface area contributed by atoms with Crippen LogP contribution in [0.4, 0.5) is 0 Å². The number of epoxide rings is 1. The van der Waals surface area contributed by atoms with Crippen molar-refractivity contribution in [3.8, 4) is 0 Å². The highest BCUT2D eigenvalue weighted by molar-refractivity contribution is 4.97. The average molecular weight is 172 g/mol. The molecule has 2 aliphatic heterocycles. The summed E-state index contributed by atoms with van der Waals surface area (Å²) < 4.78 is 16.3. The van der Waals surface area contributed by atoms with E-state index in [0.717, 1.165) is 19.6 Å². The lowest BCUT2D eigenvalue weighted by Gasteiger charge is -2.35. The first kappa shape index (κ1) is 8.48. The number of ether oxygens (including phenoxy) is 3. The van der Waals surface area contributed by atoms with Gasteiger partial charge in [0, 0.05) is 13.7 Å². The van der Waals surface area contributed by atoms with Crippen LogP contribution >= 0.6 is 0 Å². The van der Waals surface area contributed by atoms with E-state index < -0.39 is 0 Å². The van der Waals surface area contributed by atoms with Gasteiger partial charge in [-0.2, -0.15) is 0 Å². The fraction of sp³-hybridized carbons (Fsp3) is 1.00. The molecule has 2 atom stereocenters. The molecule has 2 fully saturated rings. The number of methoxy groups -OCH3 is 1. The molecule has 0 aromatic carbocycles. The third kappa shape index (κ3) is 1.49. The van der Waals surface area contributed by atoms with Gasteiger partial charge in [-0.3, -0.25) is 0 Å². The van der Waals surface area contributed by atoms with E-state index in [-0.39, 0.29) is 5.60 Å². The van der Waals surface area contributed by atoms with Crippen molar-refractivity contribution in [1.82, 2.24) is 0 Å². The summed E-state index contributed by atoms with van der Waals surface area (Å²) in [7, 11) is 1.72. The minimum atomic E-state index is -0.104. The topological polar surface area (TPSA) is 31.0 Å². The van der Waals surface area contributed by atoms with Crippen molar-refractivity contribution in [2.45, 2.75) is 31.0 Å². The van der Waals surface area contributed by atoms with E-state index in [1.807, 2.05) is 0 Å². The van der Waals surface area contributed by atoms with E-state index >= 15 is 0 Å². The van der Waals surface area contributed by atoms with Crippen molar-refractivity contribution in [1.29, 1.82) is 0 Å². The van der Waals surface area contributed by atoms with Gasteiger partial charge in [0.25, 0.3) is 0 Å². The van der Waals surface area contributed by atoms with Gasteiger partial charge < -0.3 is 14.2 Å². The summed E-state index contributed by atoms with van der Waals surface area (Å²) in [5.74, 6) is 0. The SMILES string of the molecule is COCC1([C@H]2CO2)CCCCO1. The molecule has 70 valence electrons. The minimum absolute atomic E-state index is 0.104. The van der Waals surface area contributed by atoms with Crippen LogP contribution in [-0.2, 0) is 14.2 Å². The molecule has 2 saturated heterocycles. The van der Waals surface area contributed by atoms with E-state index in [2.05, 4.69) is 0 Å². The summed E-state index contributed by atoms with van der Waals surface area (Å²) in [4.78, 5) is 0. The van der Waals surface area contributed by atoms with Crippen molar-refractivity contribution in [2.75, 3.05) is 26.9 Å². The lowest BCUT2D eigenvalue weighted by Crippen LogP contribution is -2.45. The van der Waals surface area contributed by atoms with E-state index in [0.29, 0.717) is 12.7 Å². The zero-order valence-corrected chi connectivity index (χ0v) is 7.54. The molecule has 0 radical (unpaired) electrons. The molecular formula is C9H16O3. The van der Waals surface area contributed by atoms with Crippen LogP contribution in [0.2, 0.25) is 0 Å². The van der Waals surface area contributed by atoms with Gasteiger partial charge in [0.15, 0.2) is 0 Å². The molecule has 0 aromatic heterocycles. The van der Waals surface area contributed by atoms with Gasteiger partial charge >= 0.3 is 0 Å². The third-order valence-corrected chi connectivity index (χ3v) is 2.69. The molecule has 2 rings (SSSR count). The van der Waals surface area contributed by atoms with E-state index in [9.17, 15) is 0 Å². The molecule has 0 N–H and O–H groups in total. The molecule has 2 heterocycles. The van der Waals surface area contributed by atoms with Gasteiger partial charge in [0.1, 0.15) is 11.7 Å². The fourth-order valence-electron chi connectivity index (χ4n) is 1.93. The second-order valence-electron chi connectivity index (χ2n) is 3.63. The number of hydrogen-bond acceptors (Lipinski definition) is 3. The first-order chi connectivity index (χ1) is 5.87. The molecule has 2 aliphatic rings. The second-order valence-corrected chi connectivity index (χ2v) is 3.63. The smallest absolute Gasteiger partial charge is 0.120 e. The van der Waals surface area contributed by atoms with Gasteiger partial charge in [-0.1, -0.05) is 0 Å². The van der Waals surface area contributed by atoms with E-state index in [4.69, 9.17) is 14.2 Å². The quantitative estimate of drug-likeness (QED) is 0.594.